The zero-order valence-corrected chi connectivity index (χ0v) is 17.4. The van der Waals surface area contributed by atoms with Crippen LogP contribution in [0.5, 0.6) is 0 Å². The second-order valence-corrected chi connectivity index (χ2v) is 8.71. The maximum atomic E-state index is 12.8. The van der Waals surface area contributed by atoms with Crippen molar-refractivity contribution < 1.29 is 9.59 Å². The third-order valence-corrected chi connectivity index (χ3v) is 5.84. The first-order valence-corrected chi connectivity index (χ1v) is 10.5. The number of nitrogens with one attached hydrogen (secondary N) is 2. The van der Waals surface area contributed by atoms with Crippen molar-refractivity contribution in [2.24, 2.45) is 11.8 Å². The van der Waals surface area contributed by atoms with Gasteiger partial charge in [-0.25, -0.2) is 4.79 Å². The van der Waals surface area contributed by atoms with Gasteiger partial charge in [0.05, 0.1) is 0 Å². The first-order chi connectivity index (χ1) is 14.4. The van der Waals surface area contributed by atoms with Crippen LogP contribution >= 0.6 is 0 Å². The van der Waals surface area contributed by atoms with Gasteiger partial charge in [-0.3, -0.25) is 9.59 Å². The average molecular weight is 409 g/mol. The molecule has 2 aromatic rings. The van der Waals surface area contributed by atoms with Crippen LogP contribution in [0.4, 0.5) is 10.5 Å². The van der Waals surface area contributed by atoms with Crippen molar-refractivity contribution in [3.05, 3.63) is 64.1 Å². The molecule has 7 heteroatoms. The Morgan fingerprint density at radius 1 is 1.07 bits per heavy atom. The summed E-state index contributed by atoms with van der Waals surface area (Å²) >= 11 is 0. The molecule has 0 saturated carbocycles. The van der Waals surface area contributed by atoms with Crippen molar-refractivity contribution in [2.45, 2.75) is 32.7 Å². The summed E-state index contributed by atoms with van der Waals surface area (Å²) in [5.74, 6) is 0.750. The molecular weight excluding hydrogens is 380 g/mol. The Bertz CT molecular complexity index is 996. The zero-order chi connectivity index (χ0) is 21.3. The topological polar surface area (TPSA) is 83.4 Å². The lowest BCUT2D eigenvalue weighted by Gasteiger charge is -2.42. The summed E-state index contributed by atoms with van der Waals surface area (Å²) in [6.07, 6.45) is 1.01. The largest absolute Gasteiger partial charge is 0.352 e. The molecule has 158 valence electrons. The lowest BCUT2D eigenvalue weighted by molar-refractivity contribution is 0.0949. The van der Waals surface area contributed by atoms with Gasteiger partial charge in [0.2, 0.25) is 0 Å². The summed E-state index contributed by atoms with van der Waals surface area (Å²) in [5.41, 5.74) is 2.29. The highest BCUT2D eigenvalue weighted by Gasteiger charge is 2.36. The standard InChI is InChI=1S/C23H28N4O3/c1-15(2)11-24-22(29)17-6-8-19(9-7-17)25-23(30)26-12-16-10-18(14-26)20-4-3-5-21(28)27(20)13-16/h3-9,15-16,18H,10-14H2,1-2H3,(H,24,29)(H,25,30)/t16-,18+/m0/s1. The van der Waals surface area contributed by atoms with Gasteiger partial charge in [0.15, 0.2) is 0 Å². The minimum Gasteiger partial charge on any atom is -0.352 e. The maximum Gasteiger partial charge on any atom is 0.321 e. The first-order valence-electron chi connectivity index (χ1n) is 10.5. The van der Waals surface area contributed by atoms with E-state index >= 15 is 0 Å². The van der Waals surface area contributed by atoms with Crippen LogP contribution < -0.4 is 16.2 Å². The SMILES string of the molecule is CC(C)CNC(=O)c1ccc(NC(=O)N2C[C@@H]3C[C@H](C2)c2cccc(=O)n2C3)cc1. The number of hydrogen-bond acceptors (Lipinski definition) is 3. The second kappa shape index (κ2) is 8.34. The maximum absolute atomic E-state index is 12.8. The Hall–Kier alpha value is -3.09. The molecule has 0 radical (unpaired) electrons. The van der Waals surface area contributed by atoms with E-state index in [1.165, 1.54) is 0 Å². The van der Waals surface area contributed by atoms with Crippen LogP contribution in [0.25, 0.3) is 0 Å². The van der Waals surface area contributed by atoms with Crippen molar-refractivity contribution >= 4 is 17.6 Å². The molecule has 2 atom stereocenters. The van der Waals surface area contributed by atoms with E-state index in [0.717, 1.165) is 12.1 Å². The highest BCUT2D eigenvalue weighted by atomic mass is 16.2. The highest BCUT2D eigenvalue weighted by molar-refractivity contribution is 5.95. The molecule has 1 saturated heterocycles. The van der Waals surface area contributed by atoms with Gasteiger partial charge in [0.25, 0.3) is 11.5 Å². The number of amides is 3. The molecule has 4 rings (SSSR count). The first kappa shape index (κ1) is 20.2. The van der Waals surface area contributed by atoms with Gasteiger partial charge in [-0.2, -0.15) is 0 Å². The number of likely N-dealkylation sites (tertiary alicyclic amines) is 1. The third-order valence-electron chi connectivity index (χ3n) is 5.84. The highest BCUT2D eigenvalue weighted by Crippen LogP contribution is 2.35. The number of anilines is 1. The van der Waals surface area contributed by atoms with E-state index < -0.39 is 0 Å². The van der Waals surface area contributed by atoms with Crippen molar-refractivity contribution in [2.75, 3.05) is 25.0 Å². The monoisotopic (exact) mass is 408 g/mol. The molecule has 2 aliphatic rings. The van der Waals surface area contributed by atoms with Gasteiger partial charge in [0.1, 0.15) is 0 Å². The van der Waals surface area contributed by atoms with E-state index in [2.05, 4.69) is 10.6 Å². The fraction of sp³-hybridized carbons (Fsp3) is 0.435. The molecule has 2 aliphatic heterocycles. The number of aromatic nitrogens is 1. The third kappa shape index (κ3) is 4.25. The van der Waals surface area contributed by atoms with Crippen LogP contribution in [-0.4, -0.2) is 41.0 Å². The minimum atomic E-state index is -0.145. The molecule has 30 heavy (non-hydrogen) atoms. The Morgan fingerprint density at radius 2 is 1.83 bits per heavy atom. The summed E-state index contributed by atoms with van der Waals surface area (Å²) in [6.45, 7) is 6.62. The van der Waals surface area contributed by atoms with E-state index in [4.69, 9.17) is 0 Å². The average Bonchev–Trinajstić information content (AvgIpc) is 2.73. The van der Waals surface area contributed by atoms with Crippen molar-refractivity contribution in [1.29, 1.82) is 0 Å². The van der Waals surface area contributed by atoms with E-state index in [9.17, 15) is 14.4 Å². The van der Waals surface area contributed by atoms with Gasteiger partial charge in [-0.15, -0.1) is 0 Å². The molecule has 2 N–H and O–H groups in total. The van der Waals surface area contributed by atoms with E-state index in [-0.39, 0.29) is 29.3 Å². The molecule has 7 nitrogen and oxygen atoms in total. The summed E-state index contributed by atoms with van der Waals surface area (Å²) in [7, 11) is 0. The Labute approximate surface area is 176 Å². The molecule has 1 fully saturated rings. The van der Waals surface area contributed by atoms with Crippen LogP contribution in [0, 0.1) is 11.8 Å². The summed E-state index contributed by atoms with van der Waals surface area (Å²) in [4.78, 5) is 39.0. The van der Waals surface area contributed by atoms with E-state index in [0.29, 0.717) is 43.3 Å². The van der Waals surface area contributed by atoms with Crippen LogP contribution in [0.3, 0.4) is 0 Å². The Balaban J connectivity index is 1.39. The Morgan fingerprint density at radius 3 is 2.57 bits per heavy atom. The molecule has 0 spiro atoms. The quantitative estimate of drug-likeness (QED) is 0.816. The number of nitrogens with zero attached hydrogens (tertiary/aromatic N) is 2. The number of carbonyl (C=O) groups excluding carboxylic acids is 2. The lowest BCUT2D eigenvalue weighted by Crippen LogP contribution is -2.50. The number of rotatable bonds is 4. The van der Waals surface area contributed by atoms with Crippen LogP contribution in [-0.2, 0) is 6.54 Å². The summed E-state index contributed by atoms with van der Waals surface area (Å²) in [6, 6.07) is 12.2. The number of urea groups is 1. The summed E-state index contributed by atoms with van der Waals surface area (Å²) in [5, 5.41) is 5.83. The summed E-state index contributed by atoms with van der Waals surface area (Å²) < 4.78 is 1.86. The van der Waals surface area contributed by atoms with Crippen LogP contribution in [0.2, 0.25) is 0 Å². The molecule has 0 aliphatic carbocycles. The molecule has 2 bridgehead atoms. The van der Waals surface area contributed by atoms with Crippen molar-refractivity contribution in [1.82, 2.24) is 14.8 Å². The van der Waals surface area contributed by atoms with Gasteiger partial charge < -0.3 is 20.1 Å². The fourth-order valence-corrected chi connectivity index (χ4v) is 4.37. The molecule has 1 aromatic heterocycles. The van der Waals surface area contributed by atoms with Crippen molar-refractivity contribution in [3.63, 3.8) is 0 Å². The number of fused-ring (bicyclic) bond motifs is 4. The predicted octanol–water partition coefficient (Wildman–Crippen LogP) is 2.89. The number of carbonyl (C=O) groups is 2. The molecular formula is C23H28N4O3. The van der Waals surface area contributed by atoms with Crippen LogP contribution in [0.1, 0.15) is 42.2 Å². The predicted molar refractivity (Wildman–Crippen MR) is 116 cm³/mol. The van der Waals surface area contributed by atoms with Gasteiger partial charge in [0, 0.05) is 55.1 Å². The molecule has 3 heterocycles. The number of pyridine rings is 1. The smallest absolute Gasteiger partial charge is 0.321 e. The van der Waals surface area contributed by atoms with Gasteiger partial charge in [-0.05, 0) is 48.6 Å². The zero-order valence-electron chi connectivity index (χ0n) is 17.4. The van der Waals surface area contributed by atoms with Crippen molar-refractivity contribution in [3.8, 4) is 0 Å². The van der Waals surface area contributed by atoms with E-state index in [1.807, 2.05) is 29.4 Å². The number of benzene rings is 1. The molecule has 3 amide bonds. The number of piperidine rings is 1. The fourth-order valence-electron chi connectivity index (χ4n) is 4.37. The van der Waals surface area contributed by atoms with E-state index in [1.54, 1.807) is 36.4 Å². The minimum absolute atomic E-state index is 0.0395. The van der Waals surface area contributed by atoms with Crippen LogP contribution in [0.15, 0.2) is 47.3 Å². The van der Waals surface area contributed by atoms with Gasteiger partial charge >= 0.3 is 6.03 Å². The molecule has 1 aromatic carbocycles. The lowest BCUT2D eigenvalue weighted by atomic mass is 9.83. The second-order valence-electron chi connectivity index (χ2n) is 8.71. The molecule has 0 unspecified atom stereocenters. The normalized spacial score (nSPS) is 19.9. The number of hydrogen-bond donors (Lipinski definition) is 2. The Kier molecular flexibility index (Phi) is 5.61. The van der Waals surface area contributed by atoms with Gasteiger partial charge in [-0.1, -0.05) is 19.9 Å².